The number of hydrogen-bond acceptors (Lipinski definition) is 4. The van der Waals surface area contributed by atoms with Crippen molar-refractivity contribution in [2.45, 2.75) is 12.5 Å². The third-order valence-corrected chi connectivity index (χ3v) is 3.71. The van der Waals surface area contributed by atoms with Crippen molar-refractivity contribution in [2.75, 3.05) is 6.26 Å². The van der Waals surface area contributed by atoms with Gasteiger partial charge in [-0.3, -0.25) is 5.21 Å². The predicted octanol–water partition coefficient (Wildman–Crippen LogP) is 1.36. The maximum atomic E-state index is 11.3. The molecule has 0 amide bonds. The highest BCUT2D eigenvalue weighted by molar-refractivity contribution is 8.05. The average Bonchev–Trinajstić information content (AvgIpc) is 2.69. The van der Waals surface area contributed by atoms with Gasteiger partial charge in [-0.25, -0.2) is 8.42 Å². The summed E-state index contributed by atoms with van der Waals surface area (Å²) in [5.74, 6) is 0. The maximum absolute atomic E-state index is 11.3. The zero-order valence-corrected chi connectivity index (χ0v) is 10.6. The van der Waals surface area contributed by atoms with Gasteiger partial charge in [0.2, 0.25) is 9.84 Å². The van der Waals surface area contributed by atoms with Crippen molar-refractivity contribution in [2.24, 2.45) is 0 Å². The van der Waals surface area contributed by atoms with Crippen LogP contribution in [-0.2, 0) is 14.7 Å². The molecule has 1 aliphatic heterocycles. The van der Waals surface area contributed by atoms with Gasteiger partial charge in [-0.2, -0.15) is 0 Å². The highest BCUT2D eigenvalue weighted by Crippen LogP contribution is 2.15. The maximum Gasteiger partial charge on any atom is 0.335 e. The third-order valence-electron chi connectivity index (χ3n) is 2.54. The van der Waals surface area contributed by atoms with E-state index in [0.717, 1.165) is 11.8 Å². The Balaban J connectivity index is 2.07. The summed E-state index contributed by atoms with van der Waals surface area (Å²) in [5.41, 5.74) is 0.964. The lowest BCUT2D eigenvalue weighted by Gasteiger charge is -2.04. The molecule has 0 spiro atoms. The molecule has 0 saturated heterocycles. The molecule has 0 aliphatic carbocycles. The van der Waals surface area contributed by atoms with E-state index in [9.17, 15) is 13.6 Å². The molecule has 96 valence electrons. The molecular formula is C12H13NO4S. The highest BCUT2D eigenvalue weighted by Gasteiger charge is 2.34. The molecule has 0 saturated carbocycles. The Morgan fingerprint density at radius 2 is 2.06 bits per heavy atom. The normalized spacial score (nSPS) is 20.4. The number of sulfone groups is 1. The van der Waals surface area contributed by atoms with Crippen molar-refractivity contribution in [3.63, 3.8) is 0 Å². The Labute approximate surface area is 105 Å². The Morgan fingerprint density at radius 1 is 1.39 bits per heavy atom. The minimum atomic E-state index is -3.50. The smallest absolute Gasteiger partial charge is 0.335 e. The van der Waals surface area contributed by atoms with Crippen molar-refractivity contribution >= 4 is 21.0 Å². The minimum absolute atomic E-state index is 0.0751. The molecule has 0 radical (unpaired) electrons. The zero-order chi connectivity index (χ0) is 13.2. The summed E-state index contributed by atoms with van der Waals surface area (Å²) in [6.45, 7) is 0. The molecule has 5 nitrogen and oxygen atoms in total. The quantitative estimate of drug-likeness (QED) is 0.759. The van der Waals surface area contributed by atoms with E-state index in [-0.39, 0.29) is 16.4 Å². The fourth-order valence-electron chi connectivity index (χ4n) is 1.64. The van der Waals surface area contributed by atoms with Crippen LogP contribution in [0.2, 0.25) is 0 Å². The molecule has 0 fully saturated rings. The van der Waals surface area contributed by atoms with Gasteiger partial charge in [-0.05, 0) is 5.56 Å². The Hall–Kier alpha value is -1.82. The Bertz CT molecular complexity index is 590. The van der Waals surface area contributed by atoms with Crippen LogP contribution in [0.5, 0.6) is 0 Å². The second kappa shape index (κ2) is 4.81. The molecule has 1 aromatic rings. The standard InChI is InChI=1S/C12H13NO4S/c1-18(15,16)12-9-11(17-13(12)14)8-7-10-5-3-2-4-6-10/h2-8,11H,9H2,1H3/b8-7+. The molecule has 2 rings (SSSR count). The second-order valence-electron chi connectivity index (χ2n) is 4.04. The van der Waals surface area contributed by atoms with Gasteiger partial charge >= 0.3 is 5.04 Å². The first kappa shape index (κ1) is 12.6. The summed E-state index contributed by atoms with van der Waals surface area (Å²) in [7, 11) is -3.50. The van der Waals surface area contributed by atoms with Crippen LogP contribution in [0.25, 0.3) is 6.08 Å². The lowest BCUT2D eigenvalue weighted by molar-refractivity contribution is -0.736. The Kier molecular flexibility index (Phi) is 3.38. The van der Waals surface area contributed by atoms with E-state index in [0.29, 0.717) is 0 Å². The lowest BCUT2D eigenvalue weighted by atomic mass is 10.2. The van der Waals surface area contributed by atoms with Crippen LogP contribution in [0.1, 0.15) is 12.0 Å². The highest BCUT2D eigenvalue weighted by atomic mass is 32.2. The van der Waals surface area contributed by atoms with Crippen LogP contribution in [-0.4, -0.2) is 30.7 Å². The molecule has 0 N–H and O–H groups in total. The summed E-state index contributed by atoms with van der Waals surface area (Å²) >= 11 is 0. The SMILES string of the molecule is CS(=O)(=O)C1=[N+]([O-])OC(/C=C/c2ccccc2)C1. The minimum Gasteiger partial charge on any atom is -0.394 e. The third kappa shape index (κ3) is 2.89. The van der Waals surface area contributed by atoms with Crippen LogP contribution < -0.4 is 0 Å². The van der Waals surface area contributed by atoms with E-state index >= 15 is 0 Å². The summed E-state index contributed by atoms with van der Waals surface area (Å²) in [5, 5.41) is 11.1. The van der Waals surface area contributed by atoms with Crippen molar-refractivity contribution in [1.82, 2.24) is 0 Å². The largest absolute Gasteiger partial charge is 0.394 e. The summed E-state index contributed by atoms with van der Waals surface area (Å²) < 4.78 is 22.6. The number of nitrogens with zero attached hydrogens (tertiary/aromatic N) is 1. The van der Waals surface area contributed by atoms with Crippen molar-refractivity contribution in [1.29, 1.82) is 0 Å². The second-order valence-corrected chi connectivity index (χ2v) is 6.06. The Morgan fingerprint density at radius 3 is 2.61 bits per heavy atom. The summed E-state index contributed by atoms with van der Waals surface area (Å²) in [4.78, 5) is 4.99. The monoisotopic (exact) mass is 267 g/mol. The van der Waals surface area contributed by atoms with Gasteiger partial charge in [0.25, 0.3) is 0 Å². The van der Waals surface area contributed by atoms with E-state index < -0.39 is 15.9 Å². The van der Waals surface area contributed by atoms with Crippen LogP contribution in [0.3, 0.4) is 0 Å². The van der Waals surface area contributed by atoms with Gasteiger partial charge in [-0.15, -0.1) is 0 Å². The molecule has 1 atom stereocenters. The lowest BCUT2D eigenvalue weighted by Crippen LogP contribution is -2.17. The number of benzene rings is 1. The van der Waals surface area contributed by atoms with Gasteiger partial charge in [0.1, 0.15) is 0 Å². The molecule has 1 heterocycles. The van der Waals surface area contributed by atoms with Gasteiger partial charge in [-0.1, -0.05) is 42.5 Å². The first-order chi connectivity index (χ1) is 8.47. The average molecular weight is 267 g/mol. The fourth-order valence-corrected chi connectivity index (χ4v) is 2.42. The summed E-state index contributed by atoms with van der Waals surface area (Å²) in [6.07, 6.45) is 4.01. The van der Waals surface area contributed by atoms with Gasteiger partial charge in [0, 0.05) is 6.26 Å². The van der Waals surface area contributed by atoms with Crippen LogP contribution >= 0.6 is 0 Å². The molecule has 6 heteroatoms. The number of hydrogen-bond donors (Lipinski definition) is 0. The fraction of sp³-hybridized carbons (Fsp3) is 0.250. The van der Waals surface area contributed by atoms with E-state index in [2.05, 4.69) is 0 Å². The van der Waals surface area contributed by atoms with E-state index in [4.69, 9.17) is 4.84 Å². The molecular weight excluding hydrogens is 254 g/mol. The van der Waals surface area contributed by atoms with Gasteiger partial charge in [0.15, 0.2) is 0 Å². The topological polar surface area (TPSA) is 69.4 Å². The van der Waals surface area contributed by atoms with Gasteiger partial charge < -0.3 is 4.84 Å². The zero-order valence-electron chi connectivity index (χ0n) is 9.81. The van der Waals surface area contributed by atoms with Crippen molar-refractivity contribution < 1.29 is 18.2 Å². The molecule has 0 aromatic heterocycles. The predicted molar refractivity (Wildman–Crippen MR) is 68.4 cm³/mol. The van der Waals surface area contributed by atoms with Crippen molar-refractivity contribution in [3.05, 3.63) is 47.2 Å². The first-order valence-electron chi connectivity index (χ1n) is 5.40. The van der Waals surface area contributed by atoms with E-state index in [1.54, 1.807) is 12.2 Å². The van der Waals surface area contributed by atoms with Crippen LogP contribution in [0, 0.1) is 5.21 Å². The van der Waals surface area contributed by atoms with E-state index in [1.807, 2.05) is 30.3 Å². The van der Waals surface area contributed by atoms with Gasteiger partial charge in [0.05, 0.1) is 17.4 Å². The molecule has 18 heavy (non-hydrogen) atoms. The van der Waals surface area contributed by atoms with Crippen LogP contribution in [0.15, 0.2) is 36.4 Å². The van der Waals surface area contributed by atoms with Crippen LogP contribution in [0.4, 0.5) is 0 Å². The molecule has 0 bridgehead atoms. The first-order valence-corrected chi connectivity index (χ1v) is 7.29. The summed E-state index contributed by atoms with van der Waals surface area (Å²) in [6, 6.07) is 9.49. The van der Waals surface area contributed by atoms with Crippen molar-refractivity contribution in [3.8, 4) is 0 Å². The molecule has 1 aromatic carbocycles. The van der Waals surface area contributed by atoms with E-state index in [1.165, 1.54) is 0 Å². The molecule has 1 aliphatic rings. The molecule has 1 unspecified atom stereocenters. The number of rotatable bonds is 2.